The zero-order chi connectivity index (χ0) is 8.85. The molecular formula is C10H17N. The van der Waals surface area contributed by atoms with Crippen LogP contribution in [-0.4, -0.2) is 19.0 Å². The van der Waals surface area contributed by atoms with Crippen LogP contribution in [0.4, 0.5) is 0 Å². The first kappa shape index (κ1) is 10.0. The van der Waals surface area contributed by atoms with Crippen molar-refractivity contribution in [3.8, 4) is 0 Å². The first-order chi connectivity index (χ1) is 5.06. The molecule has 0 radical (unpaired) electrons. The van der Waals surface area contributed by atoms with Crippen molar-refractivity contribution in [2.75, 3.05) is 14.1 Å². The number of allylic oxidation sites excluding steroid dienone is 4. The summed E-state index contributed by atoms with van der Waals surface area (Å²) in [6.45, 7) is 7.80. The molecule has 0 atom stereocenters. The van der Waals surface area contributed by atoms with Crippen LogP contribution in [0.1, 0.15) is 13.8 Å². The van der Waals surface area contributed by atoms with Gasteiger partial charge >= 0.3 is 0 Å². The van der Waals surface area contributed by atoms with Crippen LogP contribution in [0.5, 0.6) is 0 Å². The topological polar surface area (TPSA) is 3.24 Å². The lowest BCUT2D eigenvalue weighted by molar-refractivity contribution is 0.560. The zero-order valence-corrected chi connectivity index (χ0v) is 7.89. The van der Waals surface area contributed by atoms with Gasteiger partial charge in [0.05, 0.1) is 0 Å². The van der Waals surface area contributed by atoms with Crippen molar-refractivity contribution in [3.63, 3.8) is 0 Å². The zero-order valence-electron chi connectivity index (χ0n) is 7.89. The molecule has 0 aromatic heterocycles. The van der Waals surface area contributed by atoms with E-state index in [4.69, 9.17) is 0 Å². The normalized spacial score (nSPS) is 13.1. The highest BCUT2D eigenvalue weighted by atomic mass is 15.0. The van der Waals surface area contributed by atoms with Crippen molar-refractivity contribution >= 4 is 0 Å². The monoisotopic (exact) mass is 151 g/mol. The maximum Gasteiger partial charge on any atom is 0.00557 e. The maximum atomic E-state index is 3.68. The van der Waals surface area contributed by atoms with E-state index < -0.39 is 0 Å². The van der Waals surface area contributed by atoms with Crippen LogP contribution in [0.15, 0.2) is 36.1 Å². The minimum atomic E-state index is 1.20. The molecule has 0 saturated carbocycles. The molecule has 62 valence electrons. The van der Waals surface area contributed by atoms with Crippen molar-refractivity contribution in [2.45, 2.75) is 13.8 Å². The minimum Gasteiger partial charge on any atom is -0.383 e. The van der Waals surface area contributed by atoms with Crippen LogP contribution in [0.3, 0.4) is 0 Å². The van der Waals surface area contributed by atoms with E-state index in [1.54, 1.807) is 0 Å². The molecule has 0 bridgehead atoms. The van der Waals surface area contributed by atoms with Crippen LogP contribution in [0, 0.1) is 0 Å². The molecule has 0 rings (SSSR count). The lowest BCUT2D eigenvalue weighted by Gasteiger charge is -2.05. The van der Waals surface area contributed by atoms with Gasteiger partial charge in [0.15, 0.2) is 0 Å². The lowest BCUT2D eigenvalue weighted by Crippen LogP contribution is -2.01. The number of hydrogen-bond acceptors (Lipinski definition) is 1. The maximum absolute atomic E-state index is 3.68. The van der Waals surface area contributed by atoms with Crippen molar-refractivity contribution < 1.29 is 0 Å². The summed E-state index contributed by atoms with van der Waals surface area (Å²) >= 11 is 0. The van der Waals surface area contributed by atoms with E-state index in [2.05, 4.69) is 25.8 Å². The molecule has 0 aliphatic heterocycles. The predicted molar refractivity (Wildman–Crippen MR) is 51.4 cm³/mol. The van der Waals surface area contributed by atoms with E-state index in [1.807, 2.05) is 32.0 Å². The summed E-state index contributed by atoms with van der Waals surface area (Å²) in [5, 5.41) is 0. The van der Waals surface area contributed by atoms with E-state index in [0.717, 1.165) is 0 Å². The van der Waals surface area contributed by atoms with Crippen LogP contribution >= 0.6 is 0 Å². The van der Waals surface area contributed by atoms with E-state index in [0.29, 0.717) is 0 Å². The Bertz CT molecular complexity index is 185. The molecule has 0 heterocycles. The minimum absolute atomic E-state index is 1.20. The fourth-order valence-corrected chi connectivity index (χ4v) is 0.863. The van der Waals surface area contributed by atoms with Crippen molar-refractivity contribution in [1.82, 2.24) is 4.90 Å². The molecular weight excluding hydrogens is 134 g/mol. The second kappa shape index (κ2) is 4.78. The van der Waals surface area contributed by atoms with Gasteiger partial charge in [0, 0.05) is 20.3 Å². The van der Waals surface area contributed by atoms with Gasteiger partial charge in [-0.2, -0.15) is 0 Å². The molecule has 1 heteroatoms. The second-order valence-corrected chi connectivity index (χ2v) is 2.93. The summed E-state index contributed by atoms with van der Waals surface area (Å²) < 4.78 is 0. The summed E-state index contributed by atoms with van der Waals surface area (Å²) in [4.78, 5) is 2.03. The Morgan fingerprint density at radius 2 is 1.73 bits per heavy atom. The van der Waals surface area contributed by atoms with Gasteiger partial charge in [-0.3, -0.25) is 0 Å². The van der Waals surface area contributed by atoms with Gasteiger partial charge in [-0.25, -0.2) is 0 Å². The Kier molecular flexibility index (Phi) is 4.35. The number of hydrogen-bond donors (Lipinski definition) is 0. The first-order valence-corrected chi connectivity index (χ1v) is 3.72. The van der Waals surface area contributed by atoms with Gasteiger partial charge in [0.2, 0.25) is 0 Å². The molecule has 0 N–H and O–H groups in total. The molecule has 11 heavy (non-hydrogen) atoms. The SMILES string of the molecule is C=C/C(C)=C\C(C)=C/N(C)C. The van der Waals surface area contributed by atoms with Crippen LogP contribution in [0.2, 0.25) is 0 Å². The summed E-state index contributed by atoms with van der Waals surface area (Å²) in [7, 11) is 4.03. The van der Waals surface area contributed by atoms with E-state index in [-0.39, 0.29) is 0 Å². The summed E-state index contributed by atoms with van der Waals surface area (Å²) in [6, 6.07) is 0. The van der Waals surface area contributed by atoms with Crippen LogP contribution in [0.25, 0.3) is 0 Å². The highest BCUT2D eigenvalue weighted by Crippen LogP contribution is 2.02. The van der Waals surface area contributed by atoms with Gasteiger partial charge in [0.25, 0.3) is 0 Å². The fourth-order valence-electron chi connectivity index (χ4n) is 0.863. The average molecular weight is 151 g/mol. The van der Waals surface area contributed by atoms with Gasteiger partial charge in [0.1, 0.15) is 0 Å². The first-order valence-electron chi connectivity index (χ1n) is 3.72. The lowest BCUT2D eigenvalue weighted by atomic mass is 10.2. The largest absolute Gasteiger partial charge is 0.383 e. The molecule has 1 nitrogen and oxygen atoms in total. The quantitative estimate of drug-likeness (QED) is 0.560. The number of nitrogens with zero attached hydrogens (tertiary/aromatic N) is 1. The Morgan fingerprint density at radius 3 is 2.09 bits per heavy atom. The van der Waals surface area contributed by atoms with Gasteiger partial charge in [-0.05, 0) is 19.4 Å². The van der Waals surface area contributed by atoms with Gasteiger partial charge < -0.3 is 4.90 Å². The summed E-state index contributed by atoms with van der Waals surface area (Å²) in [5.74, 6) is 0. The van der Waals surface area contributed by atoms with E-state index in [1.165, 1.54) is 11.1 Å². The summed E-state index contributed by atoms with van der Waals surface area (Å²) in [6.07, 6.45) is 6.03. The average Bonchev–Trinajstić information content (AvgIpc) is 1.85. The predicted octanol–water partition coefficient (Wildman–Crippen LogP) is 2.58. The molecule has 0 aliphatic carbocycles. The van der Waals surface area contributed by atoms with Gasteiger partial charge in [-0.1, -0.05) is 24.3 Å². The van der Waals surface area contributed by atoms with Crippen molar-refractivity contribution in [1.29, 1.82) is 0 Å². The Balaban J connectivity index is 4.26. The Labute approximate surface area is 69.7 Å². The molecule has 0 spiro atoms. The smallest absolute Gasteiger partial charge is 0.00557 e. The molecule has 0 aromatic carbocycles. The van der Waals surface area contributed by atoms with Crippen molar-refractivity contribution in [3.05, 3.63) is 36.1 Å². The second-order valence-electron chi connectivity index (χ2n) is 2.93. The highest BCUT2D eigenvalue weighted by Gasteiger charge is 1.84. The molecule has 0 unspecified atom stereocenters. The molecule has 0 aromatic rings. The molecule has 0 amide bonds. The third-order valence-electron chi connectivity index (χ3n) is 1.24. The molecule has 0 fully saturated rings. The third-order valence-corrected chi connectivity index (χ3v) is 1.24. The fraction of sp³-hybridized carbons (Fsp3) is 0.400. The number of rotatable bonds is 3. The van der Waals surface area contributed by atoms with Crippen molar-refractivity contribution in [2.24, 2.45) is 0 Å². The summed E-state index contributed by atoms with van der Waals surface area (Å²) in [5.41, 5.74) is 2.44. The van der Waals surface area contributed by atoms with E-state index in [9.17, 15) is 0 Å². The third kappa shape index (κ3) is 5.46. The standard InChI is InChI=1S/C10H17N/c1-6-9(2)7-10(3)8-11(4)5/h6-8H,1H2,2-5H3/b9-7-,10-8-. The Hall–Kier alpha value is -0.980. The van der Waals surface area contributed by atoms with Crippen LogP contribution < -0.4 is 0 Å². The highest BCUT2D eigenvalue weighted by molar-refractivity contribution is 5.25. The van der Waals surface area contributed by atoms with E-state index >= 15 is 0 Å². The molecule has 0 saturated heterocycles. The van der Waals surface area contributed by atoms with Crippen LogP contribution in [-0.2, 0) is 0 Å². The van der Waals surface area contributed by atoms with Gasteiger partial charge in [-0.15, -0.1) is 0 Å². The molecule has 0 aliphatic rings. The Morgan fingerprint density at radius 1 is 1.18 bits per heavy atom.